The lowest BCUT2D eigenvalue weighted by Gasteiger charge is -2.28. The summed E-state index contributed by atoms with van der Waals surface area (Å²) >= 11 is 0. The van der Waals surface area contributed by atoms with Crippen LogP contribution >= 0.6 is 0 Å². The fraction of sp³-hybridized carbons (Fsp3) is 0.250. The van der Waals surface area contributed by atoms with E-state index in [1.165, 1.54) is 4.57 Å². The van der Waals surface area contributed by atoms with Crippen LogP contribution in [0.25, 0.3) is 22.2 Å². The summed E-state index contributed by atoms with van der Waals surface area (Å²) < 4.78 is 3.09. The van der Waals surface area contributed by atoms with E-state index in [4.69, 9.17) is 10.7 Å². The third-order valence-electron chi connectivity index (χ3n) is 7.73. The number of hydrogen-bond acceptors (Lipinski definition) is 6. The summed E-state index contributed by atoms with van der Waals surface area (Å²) in [6, 6.07) is 15.7. The van der Waals surface area contributed by atoms with Crippen LogP contribution in [0.1, 0.15) is 54.5 Å². The number of amides is 2. The van der Waals surface area contributed by atoms with E-state index in [2.05, 4.69) is 27.2 Å². The summed E-state index contributed by atoms with van der Waals surface area (Å²) in [4.78, 5) is 50.4. The van der Waals surface area contributed by atoms with E-state index < -0.39 is 11.9 Å². The van der Waals surface area contributed by atoms with Crippen molar-refractivity contribution in [2.45, 2.75) is 32.7 Å². The van der Waals surface area contributed by atoms with Crippen LogP contribution in [0.2, 0.25) is 0 Å². The second kappa shape index (κ2) is 11.4. The van der Waals surface area contributed by atoms with E-state index in [9.17, 15) is 14.4 Å². The summed E-state index contributed by atoms with van der Waals surface area (Å²) in [5.41, 5.74) is 8.11. The highest BCUT2D eigenvalue weighted by atomic mass is 16.2. The predicted molar refractivity (Wildman–Crippen MR) is 161 cm³/mol. The van der Waals surface area contributed by atoms with Crippen LogP contribution in [-0.4, -0.2) is 49.4 Å². The maximum atomic E-state index is 14.2. The molecule has 43 heavy (non-hydrogen) atoms. The molecule has 1 saturated heterocycles. The number of H-pyrrole nitrogens is 1. The van der Waals surface area contributed by atoms with E-state index in [0.29, 0.717) is 46.7 Å². The van der Waals surface area contributed by atoms with Crippen LogP contribution in [0.15, 0.2) is 71.8 Å². The number of piperidine rings is 1. The third kappa shape index (κ3) is 5.30. The zero-order chi connectivity index (χ0) is 30.1. The number of benzene rings is 2. The van der Waals surface area contributed by atoms with Crippen molar-refractivity contribution in [3.63, 3.8) is 0 Å². The minimum atomic E-state index is -0.677. The molecule has 0 radical (unpaired) electrons. The predicted octanol–water partition coefficient (Wildman–Crippen LogP) is 2.53. The highest BCUT2D eigenvalue weighted by Crippen LogP contribution is 2.22. The molecule has 4 heterocycles. The van der Waals surface area contributed by atoms with Crippen molar-refractivity contribution in [3.8, 4) is 17.5 Å². The Kier molecular flexibility index (Phi) is 7.34. The van der Waals surface area contributed by atoms with Gasteiger partial charge in [0, 0.05) is 37.6 Å². The molecule has 1 aliphatic rings. The second-order valence-electron chi connectivity index (χ2n) is 10.6. The van der Waals surface area contributed by atoms with Crippen molar-refractivity contribution < 1.29 is 14.1 Å². The number of para-hydroxylation sites is 1. The first kappa shape index (κ1) is 27.7. The van der Waals surface area contributed by atoms with Crippen molar-refractivity contribution in [3.05, 3.63) is 94.3 Å². The largest absolute Gasteiger partial charge is 0.382 e. The normalized spacial score (nSPS) is 14.3. The van der Waals surface area contributed by atoms with E-state index in [1.54, 1.807) is 42.9 Å². The first-order valence-electron chi connectivity index (χ1n) is 14.1. The molecule has 1 atom stereocenters. The number of anilines is 1. The van der Waals surface area contributed by atoms with Gasteiger partial charge in [0.05, 0.1) is 22.6 Å². The van der Waals surface area contributed by atoms with Gasteiger partial charge in [-0.3, -0.25) is 19.0 Å². The molecular formula is C32H31N8O3+. The minimum Gasteiger partial charge on any atom is -0.382 e. The van der Waals surface area contributed by atoms with Crippen molar-refractivity contribution in [2.75, 3.05) is 18.8 Å². The smallest absolute Gasteiger partial charge is 0.362 e. The Bertz CT molecular complexity index is 1980. The van der Waals surface area contributed by atoms with Gasteiger partial charge in [0.2, 0.25) is 5.91 Å². The molecule has 2 aromatic carbocycles. The lowest BCUT2D eigenvalue weighted by molar-refractivity contribution is -0.577. The number of nitrogens with zero attached hydrogens (tertiary/aromatic N) is 5. The van der Waals surface area contributed by atoms with Gasteiger partial charge in [0.25, 0.3) is 11.5 Å². The molecule has 5 aromatic rings. The molecule has 4 N–H and O–H groups in total. The van der Waals surface area contributed by atoms with Crippen molar-refractivity contribution in [2.24, 2.45) is 5.92 Å². The molecule has 0 saturated carbocycles. The van der Waals surface area contributed by atoms with Gasteiger partial charge in [0.15, 0.2) is 11.4 Å². The fourth-order valence-corrected chi connectivity index (χ4v) is 5.50. The second-order valence-corrected chi connectivity index (χ2v) is 10.6. The van der Waals surface area contributed by atoms with Gasteiger partial charge < -0.3 is 16.0 Å². The van der Waals surface area contributed by atoms with E-state index in [1.807, 2.05) is 47.4 Å². The number of carbonyl (C=O) groups is 2. The maximum absolute atomic E-state index is 14.2. The number of nitrogens with one attached hydrogen (secondary N) is 2. The third-order valence-corrected chi connectivity index (χ3v) is 7.73. The molecule has 11 heteroatoms. The Morgan fingerprint density at radius 2 is 1.88 bits per heavy atom. The van der Waals surface area contributed by atoms with Gasteiger partial charge in [-0.15, -0.1) is 4.52 Å². The highest BCUT2D eigenvalue weighted by molar-refractivity contribution is 6.03. The molecule has 1 unspecified atom stereocenters. The molecule has 6 rings (SSSR count). The van der Waals surface area contributed by atoms with Gasteiger partial charge in [-0.2, -0.15) is 0 Å². The van der Waals surface area contributed by atoms with Crippen LogP contribution in [0.3, 0.4) is 0 Å². The lowest BCUT2D eigenvalue weighted by Crippen LogP contribution is -2.36. The Labute approximate surface area is 247 Å². The maximum Gasteiger partial charge on any atom is 0.362 e. The fourth-order valence-electron chi connectivity index (χ4n) is 5.50. The van der Waals surface area contributed by atoms with E-state index >= 15 is 0 Å². The average molecular weight is 576 g/mol. The molecule has 216 valence electrons. The van der Waals surface area contributed by atoms with Crippen molar-refractivity contribution >= 4 is 34.2 Å². The van der Waals surface area contributed by atoms with Gasteiger partial charge in [-0.25, -0.2) is 10.1 Å². The van der Waals surface area contributed by atoms with Gasteiger partial charge in [-0.05, 0) is 49.0 Å². The summed E-state index contributed by atoms with van der Waals surface area (Å²) in [6.07, 6.45) is 4.88. The monoisotopic (exact) mass is 575 g/mol. The first-order valence-corrected chi connectivity index (χ1v) is 14.1. The minimum absolute atomic E-state index is 0.0784. The molecular weight excluding hydrogens is 544 g/mol. The lowest BCUT2D eigenvalue weighted by atomic mass is 9.96. The molecule has 11 nitrogen and oxygen atoms in total. The number of likely N-dealkylation sites (tertiary alicyclic amines) is 1. The van der Waals surface area contributed by atoms with Gasteiger partial charge in [-0.1, -0.05) is 36.1 Å². The number of hydrogen-bond donors (Lipinski definition) is 3. The molecule has 2 amide bonds. The van der Waals surface area contributed by atoms with Crippen molar-refractivity contribution in [1.82, 2.24) is 29.9 Å². The molecule has 3 aromatic heterocycles. The van der Waals surface area contributed by atoms with Crippen LogP contribution < -0.4 is 21.1 Å². The SMILES string of the molecule is CC(=O)N1CCC(C#Cc2cccc3nc(C(C)NC(=O)c4c(N)[nH][n+]5cccnc45)n(-c4ccccc4)c(=O)c23)CC1. The highest BCUT2D eigenvalue weighted by Gasteiger charge is 2.28. The molecule has 0 spiro atoms. The van der Waals surface area contributed by atoms with Gasteiger partial charge in [0.1, 0.15) is 18.2 Å². The molecule has 1 aliphatic heterocycles. The Balaban J connectivity index is 1.40. The molecule has 1 fully saturated rings. The first-order chi connectivity index (χ1) is 20.8. The summed E-state index contributed by atoms with van der Waals surface area (Å²) in [7, 11) is 0. The summed E-state index contributed by atoms with van der Waals surface area (Å²) in [6.45, 7) is 4.71. The number of aromatic nitrogens is 5. The quantitative estimate of drug-likeness (QED) is 0.222. The number of nitrogens with two attached hydrogens (primary N) is 1. The standard InChI is InChI=1S/C32H30N8O3/c1-20(35-31(42)27-28(33)37-39-17-7-16-34-30(27)39)29-36-25-11-6-8-23(13-12-22-14-18-38(19-15-22)21(2)41)26(25)32(43)40(29)24-9-4-3-5-10-24/h3-11,16-17,20,22H,14-15,18-19H2,1-2H3,(H3,33,35,37,42)/p+1. The number of nitrogen functional groups attached to an aromatic ring is 1. The van der Waals surface area contributed by atoms with E-state index in [0.717, 1.165) is 12.8 Å². The van der Waals surface area contributed by atoms with Crippen molar-refractivity contribution in [1.29, 1.82) is 0 Å². The topological polar surface area (TPSA) is 143 Å². The van der Waals surface area contributed by atoms with Crippen LogP contribution in [0.5, 0.6) is 0 Å². The average Bonchev–Trinajstić information content (AvgIpc) is 3.36. The molecule has 0 aliphatic carbocycles. The Morgan fingerprint density at radius 3 is 2.63 bits per heavy atom. The van der Waals surface area contributed by atoms with Crippen LogP contribution in [0, 0.1) is 17.8 Å². The Hall–Kier alpha value is -5.50. The summed E-state index contributed by atoms with van der Waals surface area (Å²) in [5, 5.41) is 6.27. The van der Waals surface area contributed by atoms with Crippen LogP contribution in [-0.2, 0) is 4.79 Å². The number of carbonyl (C=O) groups excluding carboxylic acids is 2. The Morgan fingerprint density at radius 1 is 1.12 bits per heavy atom. The van der Waals surface area contributed by atoms with Crippen LogP contribution in [0.4, 0.5) is 5.82 Å². The zero-order valence-corrected chi connectivity index (χ0v) is 23.9. The number of rotatable bonds is 4. The number of fused-ring (bicyclic) bond motifs is 2. The zero-order valence-electron chi connectivity index (χ0n) is 23.9. The van der Waals surface area contributed by atoms with Gasteiger partial charge >= 0.3 is 5.65 Å². The number of aromatic amines is 1. The summed E-state index contributed by atoms with van der Waals surface area (Å²) in [5.74, 6) is 6.86. The molecule has 0 bridgehead atoms. The van der Waals surface area contributed by atoms with E-state index in [-0.39, 0.29) is 28.8 Å².